The molecule has 2 aromatic rings. The summed E-state index contributed by atoms with van der Waals surface area (Å²) in [6.07, 6.45) is -1.83. The third-order valence-electron chi connectivity index (χ3n) is 6.14. The quantitative estimate of drug-likeness (QED) is 0.233. The summed E-state index contributed by atoms with van der Waals surface area (Å²) in [7, 11) is 0. The molecule has 0 saturated carbocycles. The number of morpholine rings is 1. The van der Waals surface area contributed by atoms with E-state index in [9.17, 15) is 24.0 Å². The number of alkyl halides is 3. The van der Waals surface area contributed by atoms with Gasteiger partial charge in [0.1, 0.15) is 6.61 Å². The molecule has 41 heavy (non-hydrogen) atoms. The van der Waals surface area contributed by atoms with E-state index in [1.165, 1.54) is 29.2 Å². The minimum atomic E-state index is -1.65. The Balaban J connectivity index is 1.48. The average Bonchev–Trinajstić information content (AvgIpc) is 3.54. The Morgan fingerprint density at radius 1 is 1.24 bits per heavy atom. The molecule has 11 nitrogen and oxygen atoms in total. The minimum absolute atomic E-state index is 0.0790. The van der Waals surface area contributed by atoms with Crippen LogP contribution >= 0.6 is 54.5 Å². The van der Waals surface area contributed by atoms with Crippen LogP contribution in [0.25, 0.3) is 0 Å². The Morgan fingerprint density at radius 3 is 2.63 bits per heavy atom. The Labute approximate surface area is 255 Å². The molecule has 2 fully saturated rings. The molecular weight excluding hydrogens is 714 g/mol. The van der Waals surface area contributed by atoms with Crippen molar-refractivity contribution in [3.05, 3.63) is 45.4 Å². The van der Waals surface area contributed by atoms with Crippen molar-refractivity contribution in [1.29, 1.82) is 0 Å². The number of hydrogen-bond acceptors (Lipinski definition) is 10. The zero-order chi connectivity index (χ0) is 29.8. The van der Waals surface area contributed by atoms with Gasteiger partial charge in [-0.05, 0) is 12.1 Å². The van der Waals surface area contributed by atoms with Crippen LogP contribution in [0, 0.1) is 5.82 Å². The Bertz CT molecular complexity index is 1360. The van der Waals surface area contributed by atoms with Crippen molar-refractivity contribution in [2.24, 2.45) is 5.73 Å². The van der Waals surface area contributed by atoms with E-state index in [1.54, 1.807) is 0 Å². The third kappa shape index (κ3) is 7.56. The fourth-order valence-electron chi connectivity index (χ4n) is 4.02. The Hall–Kier alpha value is -2.31. The number of hydrogen-bond donors (Lipinski definition) is 1. The first-order valence-corrected chi connectivity index (χ1v) is 19.9. The van der Waals surface area contributed by atoms with E-state index >= 15 is 4.39 Å². The summed E-state index contributed by atoms with van der Waals surface area (Å²) < 4.78 is 25.4. The second kappa shape index (κ2) is 13.8. The van der Waals surface area contributed by atoms with Crippen LogP contribution in [0.1, 0.15) is 9.67 Å². The number of benzene rings is 1. The average molecular weight is 741 g/mol. The number of ether oxygens (including phenoxy) is 2. The van der Waals surface area contributed by atoms with E-state index in [4.69, 9.17) is 26.8 Å². The number of nitrogens with two attached hydrogens (primary N) is 1. The van der Waals surface area contributed by atoms with E-state index in [0.29, 0.717) is 16.6 Å². The van der Waals surface area contributed by atoms with Crippen LogP contribution in [0.4, 0.5) is 20.6 Å². The monoisotopic (exact) mass is 740 g/mol. The predicted octanol–water partition coefficient (Wildman–Crippen LogP) is 3.21. The molecule has 4 amide bonds. The van der Waals surface area contributed by atoms with Crippen LogP contribution in [0.3, 0.4) is 0 Å². The molecule has 2 aliphatic heterocycles. The normalized spacial score (nSPS) is 18.3. The molecule has 0 unspecified atom stereocenters. The number of anilines is 2. The molecule has 0 aliphatic carbocycles. The summed E-state index contributed by atoms with van der Waals surface area (Å²) in [4.78, 5) is 71.1. The fourth-order valence-corrected chi connectivity index (χ4v) is 8.34. The van der Waals surface area contributed by atoms with Crippen molar-refractivity contribution in [3.8, 4) is 0 Å². The molecule has 1 aromatic carbocycles. The number of imide groups is 1. The molecule has 3 heterocycles. The van der Waals surface area contributed by atoms with Gasteiger partial charge in [-0.1, -0.05) is 0 Å². The van der Waals surface area contributed by atoms with Crippen molar-refractivity contribution >= 4 is 94.8 Å². The Kier molecular flexibility index (Phi) is 10.6. The van der Waals surface area contributed by atoms with Gasteiger partial charge in [0.2, 0.25) is 0 Å². The van der Waals surface area contributed by atoms with Crippen LogP contribution in [0.15, 0.2) is 30.3 Å². The number of carbonyl (C=O) groups is 5. The molecule has 2 N–H and O–H groups in total. The summed E-state index contributed by atoms with van der Waals surface area (Å²) in [6, 6.07) is 7.02. The SMILES string of the molecule is CI(C)[C@H](N)C(=O)SCC(=O)N(C[C@H]1CN(c2ccc(N3CCOCC3=O)cc2F)C(=O)O1)C(=O)c1ccc(Cl)s1. The number of thioether (sulfide) groups is 1. The molecule has 222 valence electrons. The summed E-state index contributed by atoms with van der Waals surface area (Å²) in [5.74, 6) is -2.72. The first-order chi connectivity index (χ1) is 19.5. The molecule has 1 aromatic heterocycles. The van der Waals surface area contributed by atoms with Gasteiger partial charge in [0.25, 0.3) is 5.91 Å². The molecule has 0 radical (unpaired) electrons. The topological polar surface area (TPSA) is 140 Å². The van der Waals surface area contributed by atoms with Crippen LogP contribution in [-0.2, 0) is 23.9 Å². The first kappa shape index (κ1) is 31.6. The van der Waals surface area contributed by atoms with Gasteiger partial charge in [-0.25, -0.2) is 4.39 Å². The van der Waals surface area contributed by atoms with Crippen LogP contribution < -0.4 is 15.5 Å². The maximum absolute atomic E-state index is 15.1. The van der Waals surface area contributed by atoms with Crippen molar-refractivity contribution < 1.29 is 37.8 Å². The van der Waals surface area contributed by atoms with Gasteiger partial charge >= 0.3 is 195 Å². The second-order valence-electron chi connectivity index (χ2n) is 9.09. The van der Waals surface area contributed by atoms with Gasteiger partial charge in [0.05, 0.1) is 6.61 Å². The van der Waals surface area contributed by atoms with Crippen molar-refractivity contribution in [3.63, 3.8) is 0 Å². The molecule has 2 atom stereocenters. The number of thiophene rings is 1. The number of halogens is 3. The van der Waals surface area contributed by atoms with Crippen molar-refractivity contribution in [2.75, 3.05) is 58.3 Å². The molecule has 4 rings (SSSR count). The van der Waals surface area contributed by atoms with E-state index in [2.05, 4.69) is 0 Å². The zero-order valence-electron chi connectivity index (χ0n) is 22.0. The summed E-state index contributed by atoms with van der Waals surface area (Å²) in [6.45, 7) is 0.0191. The summed E-state index contributed by atoms with van der Waals surface area (Å²) >= 11 is 6.05. The van der Waals surface area contributed by atoms with Crippen LogP contribution in [0.2, 0.25) is 4.34 Å². The predicted molar refractivity (Wildman–Crippen MR) is 164 cm³/mol. The standard InChI is InChI=1S/C25H27ClFIN4O7S2/c1-28(2)22(29)24(36)40-13-21(34)32(23(35)18-5-6-19(26)41-18)11-15-10-31(25(37)39-15)17-4-3-14(9-16(17)27)30-7-8-38-12-20(30)33/h3-6,9,15,22H,7-8,10-13,29H2,1-2H3/t15-,22-/m1/s1. The summed E-state index contributed by atoms with van der Waals surface area (Å²) in [5.41, 5.74) is 6.19. The fraction of sp³-hybridized carbons (Fsp3) is 0.400. The van der Waals surface area contributed by atoms with Crippen molar-refractivity contribution in [2.45, 2.75) is 10.2 Å². The van der Waals surface area contributed by atoms with Gasteiger partial charge in [0, 0.05) is 12.2 Å². The van der Waals surface area contributed by atoms with E-state index in [-0.39, 0.29) is 53.6 Å². The van der Waals surface area contributed by atoms with Crippen LogP contribution in [-0.4, -0.2) is 92.4 Å². The zero-order valence-corrected chi connectivity index (χ0v) is 26.6. The van der Waals surface area contributed by atoms with Crippen molar-refractivity contribution in [1.82, 2.24) is 4.90 Å². The number of nitrogens with zero attached hydrogens (tertiary/aromatic N) is 3. The number of rotatable bonds is 9. The molecule has 0 spiro atoms. The van der Waals surface area contributed by atoms with E-state index < -0.39 is 53.7 Å². The third-order valence-corrected chi connectivity index (χ3v) is 12.0. The molecule has 2 saturated heterocycles. The van der Waals surface area contributed by atoms with E-state index in [1.807, 2.05) is 9.86 Å². The second-order valence-corrected chi connectivity index (χ2v) is 17.8. The Morgan fingerprint density at radius 2 is 2.00 bits per heavy atom. The maximum atomic E-state index is 15.1. The van der Waals surface area contributed by atoms with Gasteiger partial charge in [0.15, 0.2) is 0 Å². The first-order valence-electron chi connectivity index (χ1n) is 12.1. The molecular formula is C25H27ClFIN4O7S2. The van der Waals surface area contributed by atoms with Gasteiger partial charge < -0.3 is 9.64 Å². The number of cyclic esters (lactones) is 1. The van der Waals surface area contributed by atoms with Gasteiger partial charge in [-0.15, -0.1) is 0 Å². The molecule has 0 bridgehead atoms. The van der Waals surface area contributed by atoms with Gasteiger partial charge in [-0.3, -0.25) is 4.79 Å². The van der Waals surface area contributed by atoms with Crippen LogP contribution in [0.5, 0.6) is 0 Å². The molecule has 2 aliphatic rings. The number of carbonyl (C=O) groups excluding carboxylic acids is 5. The summed E-state index contributed by atoms with van der Waals surface area (Å²) in [5, 5.41) is -0.323. The van der Waals surface area contributed by atoms with Gasteiger partial charge in [-0.2, -0.15) is 0 Å². The van der Waals surface area contributed by atoms with E-state index in [0.717, 1.165) is 39.0 Å². The number of amides is 4. The molecule has 16 heteroatoms.